The molecule has 0 atom stereocenters. The van der Waals surface area contributed by atoms with Crippen LogP contribution in [0.4, 0.5) is 0 Å². The van der Waals surface area contributed by atoms with Gasteiger partial charge in [-0.25, -0.2) is 0 Å². The summed E-state index contributed by atoms with van der Waals surface area (Å²) in [7, 11) is 1.74. The van der Waals surface area contributed by atoms with Gasteiger partial charge in [-0.05, 0) is 6.42 Å². The first-order valence-electron chi connectivity index (χ1n) is 8.21. The van der Waals surface area contributed by atoms with Crippen molar-refractivity contribution in [1.29, 1.82) is 0 Å². The molecule has 0 aromatic rings. The second-order valence-electron chi connectivity index (χ2n) is 6.59. The monoisotopic (exact) mass is 359 g/mol. The van der Waals surface area contributed by atoms with Gasteiger partial charge < -0.3 is 29.4 Å². The number of phosphoric acid groups is 1. The van der Waals surface area contributed by atoms with E-state index in [1.807, 2.05) is 0 Å². The zero-order valence-corrected chi connectivity index (χ0v) is 16.2. The summed E-state index contributed by atoms with van der Waals surface area (Å²) in [5, 5.41) is 0. The molecule has 0 aliphatic heterocycles. The fourth-order valence-electron chi connectivity index (χ4n) is 1.78. The highest BCUT2D eigenvalue weighted by molar-refractivity contribution is 7.43. The number of likely N-dealkylation sites (N-methyl/N-ethyl adjacent to an activating group) is 1. The van der Waals surface area contributed by atoms with E-state index in [9.17, 15) is 0 Å². The lowest BCUT2D eigenvalue weighted by Crippen LogP contribution is -2.37. The van der Waals surface area contributed by atoms with Gasteiger partial charge in [-0.1, -0.05) is 51.9 Å². The van der Waals surface area contributed by atoms with Crippen molar-refractivity contribution in [3.05, 3.63) is 0 Å². The van der Waals surface area contributed by atoms with E-state index in [0.717, 1.165) is 24.2 Å². The molecule has 8 heteroatoms. The van der Waals surface area contributed by atoms with Crippen molar-refractivity contribution in [2.24, 2.45) is 0 Å². The van der Waals surface area contributed by atoms with Gasteiger partial charge in [0.15, 0.2) is 0 Å². The average Bonchev–Trinajstić information content (AvgIpc) is 2.32. The molecule has 0 unspecified atom stereocenters. The van der Waals surface area contributed by atoms with Gasteiger partial charge in [-0.3, -0.25) is 4.57 Å². The largest absolute Gasteiger partial charge is 0.756 e. The van der Waals surface area contributed by atoms with Crippen LogP contribution < -0.4 is 4.89 Å². The van der Waals surface area contributed by atoms with E-state index in [0.29, 0.717) is 0 Å². The molecule has 0 aliphatic carbocycles. The summed E-state index contributed by atoms with van der Waals surface area (Å²) >= 11 is 0. The standard InChI is InChI=1S/C15H34NO.H3O4P.H2O/c1-5-6-7-8-9-10-11-12-14-17-15-13-16(2,3)4;1-5(2,3)4;/h5-15H2,1-4H3;(H3,1,2,3,4);1H2/q+1;;/p-1. The maximum Gasteiger partial charge on any atom is 0.262 e. The summed E-state index contributed by atoms with van der Waals surface area (Å²) < 4.78 is 15.4. The highest BCUT2D eigenvalue weighted by Crippen LogP contribution is 2.19. The molecule has 0 rings (SSSR count). The molecular weight excluding hydrogens is 321 g/mol. The number of hydrogen-bond acceptors (Lipinski definition) is 3. The van der Waals surface area contributed by atoms with E-state index in [2.05, 4.69) is 28.1 Å². The molecule has 0 saturated heterocycles. The molecule has 0 spiro atoms. The molecule has 0 fully saturated rings. The van der Waals surface area contributed by atoms with Crippen LogP contribution in [0.15, 0.2) is 0 Å². The average molecular weight is 359 g/mol. The number of rotatable bonds is 12. The van der Waals surface area contributed by atoms with E-state index < -0.39 is 7.82 Å². The Morgan fingerprint density at radius 1 is 0.913 bits per heavy atom. The lowest BCUT2D eigenvalue weighted by atomic mass is 10.1. The molecule has 0 radical (unpaired) electrons. The Balaban J connectivity index is -0.000000578. The van der Waals surface area contributed by atoms with E-state index in [1.165, 1.54) is 51.4 Å². The first-order valence-corrected chi connectivity index (χ1v) is 9.74. The van der Waals surface area contributed by atoms with Gasteiger partial charge in [0.25, 0.3) is 7.82 Å². The summed E-state index contributed by atoms with van der Waals surface area (Å²) in [6.45, 7) is 5.24. The van der Waals surface area contributed by atoms with Crippen LogP contribution in [0, 0.1) is 0 Å². The first kappa shape index (κ1) is 27.8. The quantitative estimate of drug-likeness (QED) is 0.310. The molecule has 7 nitrogen and oxygen atoms in total. The Hall–Kier alpha value is -0.0100. The summed E-state index contributed by atoms with van der Waals surface area (Å²) in [6.07, 6.45) is 11.0. The van der Waals surface area contributed by atoms with E-state index in [4.69, 9.17) is 24.0 Å². The predicted molar refractivity (Wildman–Crippen MR) is 92.0 cm³/mol. The molecule has 0 saturated carbocycles. The van der Waals surface area contributed by atoms with Crippen molar-refractivity contribution in [3.8, 4) is 0 Å². The molecular formula is C15H38NO6P. The molecule has 0 aromatic heterocycles. The lowest BCUT2D eigenvalue weighted by molar-refractivity contribution is -0.870. The van der Waals surface area contributed by atoms with E-state index in [1.54, 1.807) is 0 Å². The molecule has 0 amide bonds. The van der Waals surface area contributed by atoms with Crippen LogP contribution in [0.3, 0.4) is 0 Å². The molecule has 0 aromatic carbocycles. The summed E-state index contributed by atoms with van der Waals surface area (Å²) in [4.78, 5) is 22.9. The van der Waals surface area contributed by atoms with Crippen LogP contribution in [-0.2, 0) is 9.30 Å². The van der Waals surface area contributed by atoms with Crippen molar-refractivity contribution in [2.75, 3.05) is 40.9 Å². The zero-order valence-electron chi connectivity index (χ0n) is 15.3. The van der Waals surface area contributed by atoms with Crippen LogP contribution >= 0.6 is 7.82 Å². The van der Waals surface area contributed by atoms with Gasteiger partial charge >= 0.3 is 0 Å². The predicted octanol–water partition coefficient (Wildman–Crippen LogP) is 1.46. The molecule has 4 N–H and O–H groups in total. The van der Waals surface area contributed by atoms with Crippen molar-refractivity contribution in [1.82, 2.24) is 0 Å². The molecule has 0 aliphatic rings. The minimum Gasteiger partial charge on any atom is -0.756 e. The van der Waals surface area contributed by atoms with Gasteiger partial charge in [0.1, 0.15) is 6.54 Å². The molecule has 23 heavy (non-hydrogen) atoms. The maximum atomic E-state index is 8.77. The van der Waals surface area contributed by atoms with Crippen LogP contribution in [0.25, 0.3) is 0 Å². The summed E-state index contributed by atoms with van der Waals surface area (Å²) in [5.74, 6) is 0. The number of quaternary nitrogens is 1. The number of ether oxygens (including phenoxy) is 1. The third-order valence-corrected chi connectivity index (χ3v) is 3.05. The third-order valence-electron chi connectivity index (χ3n) is 3.05. The Bertz CT molecular complexity index is 269. The van der Waals surface area contributed by atoms with Gasteiger partial charge in [-0.15, -0.1) is 0 Å². The van der Waals surface area contributed by atoms with Gasteiger partial charge in [-0.2, -0.15) is 0 Å². The highest BCUT2D eigenvalue weighted by Gasteiger charge is 2.05. The van der Waals surface area contributed by atoms with Crippen LogP contribution in [0.5, 0.6) is 0 Å². The van der Waals surface area contributed by atoms with Crippen molar-refractivity contribution < 1.29 is 33.9 Å². The summed E-state index contributed by atoms with van der Waals surface area (Å²) in [6, 6.07) is 0. The van der Waals surface area contributed by atoms with Crippen LogP contribution in [0.2, 0.25) is 0 Å². The second-order valence-corrected chi connectivity index (χ2v) is 7.57. The maximum absolute atomic E-state index is 8.77. The molecule has 0 bridgehead atoms. The Morgan fingerprint density at radius 3 is 1.70 bits per heavy atom. The van der Waals surface area contributed by atoms with Crippen molar-refractivity contribution in [3.63, 3.8) is 0 Å². The Labute approximate surface area is 141 Å². The minimum absolute atomic E-state index is 0. The normalized spacial score (nSPS) is 11.4. The second kappa shape index (κ2) is 16.8. The van der Waals surface area contributed by atoms with Gasteiger partial charge in [0.05, 0.1) is 27.7 Å². The van der Waals surface area contributed by atoms with Crippen LogP contribution in [0.1, 0.15) is 58.3 Å². The smallest absolute Gasteiger partial charge is 0.262 e. The lowest BCUT2D eigenvalue weighted by Gasteiger charge is -2.23. The number of nitrogens with zero attached hydrogens (tertiary/aromatic N) is 1. The number of unbranched alkanes of at least 4 members (excludes halogenated alkanes) is 7. The Kier molecular flexibility index (Phi) is 20.4. The van der Waals surface area contributed by atoms with Crippen molar-refractivity contribution in [2.45, 2.75) is 58.3 Å². The molecule has 144 valence electrons. The fourth-order valence-corrected chi connectivity index (χ4v) is 1.78. The van der Waals surface area contributed by atoms with Gasteiger partial charge in [0.2, 0.25) is 0 Å². The van der Waals surface area contributed by atoms with Gasteiger partial charge in [0, 0.05) is 6.61 Å². The highest BCUT2D eigenvalue weighted by atomic mass is 31.2. The van der Waals surface area contributed by atoms with Crippen molar-refractivity contribution >= 4 is 7.82 Å². The zero-order chi connectivity index (χ0) is 17.5. The van der Waals surface area contributed by atoms with E-state index in [-0.39, 0.29) is 5.48 Å². The minimum atomic E-state index is -4.89. The number of hydrogen-bond donors (Lipinski definition) is 2. The fraction of sp³-hybridized carbons (Fsp3) is 1.00. The topological polar surface area (TPSA) is 121 Å². The SMILES string of the molecule is CCCCCCCCCCOCC[N+](C)(C)C.O.O=P([O-])(O)O. The summed E-state index contributed by atoms with van der Waals surface area (Å²) in [5.41, 5.74) is 0. The Morgan fingerprint density at radius 2 is 1.30 bits per heavy atom. The third kappa shape index (κ3) is 44.9. The first-order chi connectivity index (χ1) is 10.1. The van der Waals surface area contributed by atoms with E-state index >= 15 is 0 Å². The van der Waals surface area contributed by atoms with Crippen LogP contribution in [-0.4, -0.2) is 60.6 Å². The molecule has 0 heterocycles.